The third-order valence-corrected chi connectivity index (χ3v) is 5.41. The Hall–Kier alpha value is -1.30. The van der Waals surface area contributed by atoms with Gasteiger partial charge in [0.15, 0.2) is 5.96 Å². The van der Waals surface area contributed by atoms with Crippen LogP contribution in [0.5, 0.6) is 0 Å². The van der Waals surface area contributed by atoms with Gasteiger partial charge in [0.25, 0.3) is 0 Å². The Balaban J connectivity index is 1.78. The molecule has 1 heterocycles. The van der Waals surface area contributed by atoms with Crippen molar-refractivity contribution in [1.82, 2.24) is 20.4 Å². The highest BCUT2D eigenvalue weighted by atomic mass is 16.2. The molecule has 0 aromatic carbocycles. The molecule has 6 nitrogen and oxygen atoms in total. The van der Waals surface area contributed by atoms with E-state index in [1.54, 1.807) is 11.9 Å². The minimum Gasteiger partial charge on any atom is -0.355 e. The predicted octanol–water partition coefficient (Wildman–Crippen LogP) is 1.29. The number of nitrogens with one attached hydrogen (secondary N) is 2. The second-order valence-corrected chi connectivity index (χ2v) is 7.44. The van der Waals surface area contributed by atoms with Crippen LogP contribution in [0.1, 0.15) is 44.9 Å². The van der Waals surface area contributed by atoms with Crippen LogP contribution in [0.25, 0.3) is 0 Å². The number of carbonyl (C=O) groups excluding carboxylic acids is 1. The number of likely N-dealkylation sites (tertiary alicyclic amines) is 1. The van der Waals surface area contributed by atoms with Gasteiger partial charge in [-0.05, 0) is 38.8 Å². The number of nitrogens with zero attached hydrogens (tertiary/aromatic N) is 3. The molecule has 0 spiro atoms. The highest BCUT2D eigenvalue weighted by molar-refractivity contribution is 5.85. The lowest BCUT2D eigenvalue weighted by molar-refractivity contribution is -0.138. The molecule has 24 heavy (non-hydrogen) atoms. The first-order valence-corrected chi connectivity index (χ1v) is 9.46. The van der Waals surface area contributed by atoms with Crippen molar-refractivity contribution in [3.8, 4) is 0 Å². The van der Waals surface area contributed by atoms with E-state index in [-0.39, 0.29) is 11.3 Å². The van der Waals surface area contributed by atoms with Crippen LogP contribution in [-0.2, 0) is 4.79 Å². The summed E-state index contributed by atoms with van der Waals surface area (Å²) in [4.78, 5) is 21.2. The number of guanidine groups is 1. The fourth-order valence-corrected chi connectivity index (χ4v) is 3.98. The first-order chi connectivity index (χ1) is 11.6. The molecule has 2 fully saturated rings. The zero-order valence-electron chi connectivity index (χ0n) is 15.7. The molecule has 0 radical (unpaired) electrons. The first kappa shape index (κ1) is 19.0. The molecule has 1 amide bonds. The van der Waals surface area contributed by atoms with Crippen LogP contribution < -0.4 is 10.6 Å². The third kappa shape index (κ3) is 5.10. The van der Waals surface area contributed by atoms with E-state index in [4.69, 9.17) is 0 Å². The minimum atomic E-state index is -0.256. The molecular formula is C18H35N5O. The monoisotopic (exact) mass is 337 g/mol. The molecule has 1 saturated heterocycles. The van der Waals surface area contributed by atoms with Gasteiger partial charge in [0.1, 0.15) is 0 Å². The molecule has 0 aromatic heterocycles. The molecule has 0 unspecified atom stereocenters. The molecule has 1 aliphatic heterocycles. The van der Waals surface area contributed by atoms with Crippen LogP contribution in [0, 0.1) is 5.41 Å². The molecule has 0 aromatic rings. The Morgan fingerprint density at radius 2 is 1.75 bits per heavy atom. The average Bonchev–Trinajstić information content (AvgIpc) is 3.08. The van der Waals surface area contributed by atoms with E-state index in [0.29, 0.717) is 6.54 Å². The third-order valence-electron chi connectivity index (χ3n) is 5.41. The Bertz CT molecular complexity index is 423. The summed E-state index contributed by atoms with van der Waals surface area (Å²) in [6, 6.07) is 0. The number of piperidine rings is 1. The Kier molecular flexibility index (Phi) is 7.34. The van der Waals surface area contributed by atoms with E-state index in [9.17, 15) is 4.79 Å². The number of amides is 1. The Morgan fingerprint density at radius 3 is 2.33 bits per heavy atom. The second-order valence-electron chi connectivity index (χ2n) is 7.44. The standard InChI is InChI=1S/C18H35N5O/c1-19-17(20-11-14-23-12-7-4-8-13-23)21-15-18(9-5-6-10-18)16(24)22(2)3/h4-15H2,1-3H3,(H2,19,20,21). The molecule has 6 heteroatoms. The lowest BCUT2D eigenvalue weighted by Gasteiger charge is -2.31. The van der Waals surface area contributed by atoms with E-state index >= 15 is 0 Å². The normalized spacial score (nSPS) is 21.5. The van der Waals surface area contributed by atoms with Gasteiger partial charge in [-0.3, -0.25) is 9.79 Å². The first-order valence-electron chi connectivity index (χ1n) is 9.46. The summed E-state index contributed by atoms with van der Waals surface area (Å²) in [6.07, 6.45) is 8.24. The number of carbonyl (C=O) groups is 1. The zero-order valence-corrected chi connectivity index (χ0v) is 15.7. The van der Waals surface area contributed by atoms with Gasteiger partial charge in [-0.2, -0.15) is 0 Å². The summed E-state index contributed by atoms with van der Waals surface area (Å²) < 4.78 is 0. The smallest absolute Gasteiger partial charge is 0.230 e. The van der Waals surface area contributed by atoms with E-state index in [1.807, 2.05) is 14.1 Å². The van der Waals surface area contributed by atoms with E-state index in [2.05, 4.69) is 20.5 Å². The van der Waals surface area contributed by atoms with Crippen molar-refractivity contribution in [2.24, 2.45) is 10.4 Å². The number of aliphatic imine (C=N–C) groups is 1. The number of hydrogen-bond donors (Lipinski definition) is 2. The molecule has 2 rings (SSSR count). The van der Waals surface area contributed by atoms with Gasteiger partial charge < -0.3 is 20.4 Å². The zero-order chi connectivity index (χ0) is 17.4. The van der Waals surface area contributed by atoms with Crippen molar-refractivity contribution in [1.29, 1.82) is 0 Å². The van der Waals surface area contributed by atoms with Crippen LogP contribution in [0.2, 0.25) is 0 Å². The van der Waals surface area contributed by atoms with Crippen molar-refractivity contribution >= 4 is 11.9 Å². The van der Waals surface area contributed by atoms with Crippen molar-refractivity contribution in [3.05, 3.63) is 0 Å². The lowest BCUT2D eigenvalue weighted by Crippen LogP contribution is -2.50. The fraction of sp³-hybridized carbons (Fsp3) is 0.889. The van der Waals surface area contributed by atoms with E-state index in [0.717, 1.165) is 44.7 Å². The maximum atomic E-state index is 12.6. The van der Waals surface area contributed by atoms with Gasteiger partial charge in [-0.25, -0.2) is 0 Å². The summed E-state index contributed by atoms with van der Waals surface area (Å²) in [7, 11) is 5.51. The van der Waals surface area contributed by atoms with Crippen LogP contribution >= 0.6 is 0 Å². The molecule has 1 aliphatic carbocycles. The molecule has 1 saturated carbocycles. The van der Waals surface area contributed by atoms with Crippen molar-refractivity contribution in [2.45, 2.75) is 44.9 Å². The molecule has 2 aliphatic rings. The van der Waals surface area contributed by atoms with E-state index < -0.39 is 0 Å². The average molecular weight is 338 g/mol. The van der Waals surface area contributed by atoms with Gasteiger partial charge >= 0.3 is 0 Å². The summed E-state index contributed by atoms with van der Waals surface area (Å²) in [5.41, 5.74) is -0.256. The summed E-state index contributed by atoms with van der Waals surface area (Å²) in [5, 5.41) is 6.80. The maximum Gasteiger partial charge on any atom is 0.230 e. The SMILES string of the molecule is CN=C(NCCN1CCCCC1)NCC1(C(=O)N(C)C)CCCC1. The van der Waals surface area contributed by atoms with Crippen molar-refractivity contribution < 1.29 is 4.79 Å². The lowest BCUT2D eigenvalue weighted by atomic mass is 9.84. The molecule has 0 atom stereocenters. The summed E-state index contributed by atoms with van der Waals surface area (Å²) in [6.45, 7) is 5.06. The highest BCUT2D eigenvalue weighted by Crippen LogP contribution is 2.38. The summed E-state index contributed by atoms with van der Waals surface area (Å²) in [5.74, 6) is 1.06. The summed E-state index contributed by atoms with van der Waals surface area (Å²) >= 11 is 0. The van der Waals surface area contributed by atoms with Gasteiger partial charge in [0.2, 0.25) is 5.91 Å². The molecular weight excluding hydrogens is 302 g/mol. The van der Waals surface area contributed by atoms with E-state index in [1.165, 1.54) is 32.4 Å². The number of rotatable bonds is 6. The van der Waals surface area contributed by atoms with Gasteiger partial charge in [0.05, 0.1) is 5.41 Å². The van der Waals surface area contributed by atoms with Crippen LogP contribution in [0.3, 0.4) is 0 Å². The van der Waals surface area contributed by atoms with Gasteiger partial charge in [-0.1, -0.05) is 19.3 Å². The number of hydrogen-bond acceptors (Lipinski definition) is 3. The van der Waals surface area contributed by atoms with Crippen LogP contribution in [0.15, 0.2) is 4.99 Å². The highest BCUT2D eigenvalue weighted by Gasteiger charge is 2.42. The molecule has 0 bridgehead atoms. The Morgan fingerprint density at radius 1 is 1.08 bits per heavy atom. The van der Waals surface area contributed by atoms with Crippen molar-refractivity contribution in [3.63, 3.8) is 0 Å². The predicted molar refractivity (Wildman–Crippen MR) is 99.3 cm³/mol. The minimum absolute atomic E-state index is 0.247. The Labute approximate surface area is 147 Å². The topological polar surface area (TPSA) is 60.0 Å². The fourth-order valence-electron chi connectivity index (χ4n) is 3.98. The van der Waals surface area contributed by atoms with Gasteiger partial charge in [-0.15, -0.1) is 0 Å². The van der Waals surface area contributed by atoms with Gasteiger partial charge in [0, 0.05) is 40.8 Å². The van der Waals surface area contributed by atoms with Crippen LogP contribution in [-0.4, -0.2) is 75.5 Å². The quantitative estimate of drug-likeness (QED) is 0.566. The second kappa shape index (κ2) is 9.25. The van der Waals surface area contributed by atoms with Crippen molar-refractivity contribution in [2.75, 3.05) is 53.9 Å². The molecule has 138 valence electrons. The van der Waals surface area contributed by atoms with Crippen LogP contribution in [0.4, 0.5) is 0 Å². The largest absolute Gasteiger partial charge is 0.355 e. The maximum absolute atomic E-state index is 12.6. The molecule has 2 N–H and O–H groups in total.